The Morgan fingerprint density at radius 2 is 1.63 bits per heavy atom. The van der Waals surface area contributed by atoms with E-state index in [1.54, 1.807) is 35.2 Å². The second kappa shape index (κ2) is 9.50. The zero-order valence-electron chi connectivity index (χ0n) is 19.4. The Morgan fingerprint density at radius 1 is 0.914 bits per heavy atom. The van der Waals surface area contributed by atoms with E-state index in [0.29, 0.717) is 35.4 Å². The molecule has 0 saturated carbocycles. The van der Waals surface area contributed by atoms with Crippen LogP contribution in [0.15, 0.2) is 82.0 Å². The lowest BCUT2D eigenvalue weighted by Crippen LogP contribution is -2.50. The van der Waals surface area contributed by atoms with Crippen molar-refractivity contribution in [2.24, 2.45) is 0 Å². The van der Waals surface area contributed by atoms with Crippen LogP contribution in [-0.2, 0) is 11.3 Å². The summed E-state index contributed by atoms with van der Waals surface area (Å²) in [5.41, 5.74) is 4.14. The van der Waals surface area contributed by atoms with Crippen molar-refractivity contribution in [2.75, 3.05) is 36.4 Å². The second-order valence-electron chi connectivity index (χ2n) is 8.66. The quantitative estimate of drug-likeness (QED) is 0.482. The largest absolute Gasteiger partial charge is 0.420 e. The second-order valence-corrected chi connectivity index (χ2v) is 8.66. The molecule has 0 atom stereocenters. The summed E-state index contributed by atoms with van der Waals surface area (Å²) in [4.78, 5) is 42.3. The first-order valence-corrected chi connectivity index (χ1v) is 11.6. The summed E-state index contributed by atoms with van der Waals surface area (Å²) in [6.07, 6.45) is 0. The van der Waals surface area contributed by atoms with E-state index in [-0.39, 0.29) is 18.4 Å². The van der Waals surface area contributed by atoms with Crippen molar-refractivity contribution in [1.82, 2.24) is 9.47 Å². The number of oxazole rings is 1. The Kier molecular flexibility index (Phi) is 6.10. The van der Waals surface area contributed by atoms with E-state index >= 15 is 0 Å². The fourth-order valence-corrected chi connectivity index (χ4v) is 4.28. The molecular formula is C27H26N4O4. The average Bonchev–Trinajstić information content (AvgIpc) is 3.19. The van der Waals surface area contributed by atoms with Crippen molar-refractivity contribution < 1.29 is 14.0 Å². The van der Waals surface area contributed by atoms with Gasteiger partial charge in [-0.15, -0.1) is 0 Å². The number of hydrogen-bond donors (Lipinski definition) is 1. The number of hydrogen-bond acceptors (Lipinski definition) is 5. The maximum atomic E-state index is 13.0. The van der Waals surface area contributed by atoms with Gasteiger partial charge in [0.2, 0.25) is 5.91 Å². The SMILES string of the molecule is Cc1ccc(N2CCN(C(=O)Cn3c(=O)oc4ccc(C(=O)Nc5ccccc5)cc43)CC2)cc1. The van der Waals surface area contributed by atoms with Crippen molar-refractivity contribution >= 4 is 34.3 Å². The highest BCUT2D eigenvalue weighted by Gasteiger charge is 2.23. The molecule has 0 spiro atoms. The molecular weight excluding hydrogens is 444 g/mol. The lowest BCUT2D eigenvalue weighted by molar-refractivity contribution is -0.132. The summed E-state index contributed by atoms with van der Waals surface area (Å²) in [5.74, 6) is -1.08. The molecule has 0 radical (unpaired) electrons. The predicted molar refractivity (Wildman–Crippen MR) is 135 cm³/mol. The van der Waals surface area contributed by atoms with Gasteiger partial charge in [-0.25, -0.2) is 4.79 Å². The van der Waals surface area contributed by atoms with E-state index in [1.807, 2.05) is 18.2 Å². The van der Waals surface area contributed by atoms with Crippen LogP contribution in [0.3, 0.4) is 0 Å². The number of carbonyl (C=O) groups excluding carboxylic acids is 2. The fourth-order valence-electron chi connectivity index (χ4n) is 4.28. The summed E-state index contributed by atoms with van der Waals surface area (Å²) in [5, 5.41) is 2.83. The molecule has 1 N–H and O–H groups in total. The van der Waals surface area contributed by atoms with Crippen molar-refractivity contribution in [3.63, 3.8) is 0 Å². The predicted octanol–water partition coefficient (Wildman–Crippen LogP) is 3.50. The molecule has 1 aromatic heterocycles. The number of carbonyl (C=O) groups is 2. The Labute approximate surface area is 202 Å². The molecule has 178 valence electrons. The first-order valence-electron chi connectivity index (χ1n) is 11.6. The monoisotopic (exact) mass is 470 g/mol. The number of fused-ring (bicyclic) bond motifs is 1. The van der Waals surface area contributed by atoms with E-state index in [2.05, 4.69) is 41.4 Å². The molecule has 8 nitrogen and oxygen atoms in total. The highest BCUT2D eigenvalue weighted by atomic mass is 16.4. The smallest absolute Gasteiger partial charge is 0.408 e. The molecule has 3 aromatic carbocycles. The lowest BCUT2D eigenvalue weighted by atomic mass is 10.2. The maximum absolute atomic E-state index is 13.0. The number of nitrogens with zero attached hydrogens (tertiary/aromatic N) is 3. The molecule has 0 aliphatic carbocycles. The van der Waals surface area contributed by atoms with Gasteiger partial charge >= 0.3 is 5.76 Å². The normalized spacial score (nSPS) is 13.7. The average molecular weight is 471 g/mol. The third-order valence-electron chi connectivity index (χ3n) is 6.29. The van der Waals surface area contributed by atoms with E-state index in [0.717, 1.165) is 18.8 Å². The molecule has 1 saturated heterocycles. The highest BCUT2D eigenvalue weighted by molar-refractivity contribution is 6.05. The number of aromatic nitrogens is 1. The lowest BCUT2D eigenvalue weighted by Gasteiger charge is -2.36. The first-order chi connectivity index (χ1) is 17.0. The van der Waals surface area contributed by atoms with Crippen molar-refractivity contribution in [3.05, 3.63) is 94.5 Å². The Morgan fingerprint density at radius 3 is 2.34 bits per heavy atom. The minimum absolute atomic E-state index is 0.139. The van der Waals surface area contributed by atoms with Crippen molar-refractivity contribution in [2.45, 2.75) is 13.5 Å². The topological polar surface area (TPSA) is 87.8 Å². The molecule has 35 heavy (non-hydrogen) atoms. The summed E-state index contributed by atoms with van der Waals surface area (Å²) >= 11 is 0. The highest BCUT2D eigenvalue weighted by Crippen LogP contribution is 2.19. The number of aryl methyl sites for hydroxylation is 1. The van der Waals surface area contributed by atoms with Crippen molar-refractivity contribution in [3.8, 4) is 0 Å². The van der Waals surface area contributed by atoms with Gasteiger partial charge in [0, 0.05) is 43.1 Å². The van der Waals surface area contributed by atoms with Crippen LogP contribution in [0.4, 0.5) is 11.4 Å². The molecule has 5 rings (SSSR count). The summed E-state index contributed by atoms with van der Waals surface area (Å²) < 4.78 is 6.62. The number of amides is 2. The minimum atomic E-state index is -0.618. The van der Waals surface area contributed by atoms with Gasteiger partial charge < -0.3 is 19.5 Å². The van der Waals surface area contributed by atoms with Gasteiger partial charge in [-0.1, -0.05) is 35.9 Å². The van der Waals surface area contributed by atoms with E-state index in [4.69, 9.17) is 4.42 Å². The molecule has 2 heterocycles. The number of piperazine rings is 1. The van der Waals surface area contributed by atoms with Crippen LogP contribution >= 0.6 is 0 Å². The molecule has 0 bridgehead atoms. The summed E-state index contributed by atoms with van der Waals surface area (Å²) in [6.45, 7) is 4.50. The summed E-state index contributed by atoms with van der Waals surface area (Å²) in [6, 6.07) is 22.2. The van der Waals surface area contributed by atoms with Gasteiger partial charge in [0.1, 0.15) is 6.54 Å². The van der Waals surface area contributed by atoms with Gasteiger partial charge in [-0.2, -0.15) is 0 Å². The van der Waals surface area contributed by atoms with Gasteiger partial charge in [-0.3, -0.25) is 14.2 Å². The minimum Gasteiger partial charge on any atom is -0.408 e. The Balaban J connectivity index is 1.29. The molecule has 0 unspecified atom stereocenters. The standard InChI is InChI=1S/C27H26N4O4/c1-19-7-10-22(11-8-19)29-13-15-30(16-14-29)25(32)18-31-23-17-20(9-12-24(23)35-27(31)34)26(33)28-21-5-3-2-4-6-21/h2-12,17H,13-16,18H2,1H3,(H,28,33). The van der Waals surface area contributed by atoms with Crippen LogP contribution < -0.4 is 16.0 Å². The van der Waals surface area contributed by atoms with Crippen LogP contribution in [0.25, 0.3) is 11.1 Å². The van der Waals surface area contributed by atoms with Gasteiger partial charge in [0.25, 0.3) is 5.91 Å². The fraction of sp³-hybridized carbons (Fsp3) is 0.222. The number of para-hydroxylation sites is 1. The van der Waals surface area contributed by atoms with E-state index in [9.17, 15) is 14.4 Å². The van der Waals surface area contributed by atoms with E-state index in [1.165, 1.54) is 10.1 Å². The molecule has 1 aliphatic rings. The zero-order chi connectivity index (χ0) is 24.4. The number of nitrogens with one attached hydrogen (secondary N) is 1. The molecule has 1 aliphatic heterocycles. The Hall–Kier alpha value is -4.33. The number of anilines is 2. The molecule has 8 heteroatoms. The van der Waals surface area contributed by atoms with Crippen LogP contribution in [-0.4, -0.2) is 47.5 Å². The van der Waals surface area contributed by atoms with Crippen LogP contribution in [0, 0.1) is 6.92 Å². The van der Waals surface area contributed by atoms with Crippen LogP contribution in [0.1, 0.15) is 15.9 Å². The van der Waals surface area contributed by atoms with Gasteiger partial charge in [0.05, 0.1) is 5.52 Å². The summed E-state index contributed by atoms with van der Waals surface area (Å²) in [7, 11) is 0. The molecule has 4 aromatic rings. The van der Waals surface area contributed by atoms with E-state index < -0.39 is 5.76 Å². The Bertz CT molecular complexity index is 1420. The van der Waals surface area contributed by atoms with Crippen molar-refractivity contribution in [1.29, 1.82) is 0 Å². The molecule has 1 fully saturated rings. The third-order valence-corrected chi connectivity index (χ3v) is 6.29. The molecule has 2 amide bonds. The first kappa shape index (κ1) is 22.5. The zero-order valence-corrected chi connectivity index (χ0v) is 19.4. The van der Waals surface area contributed by atoms with Gasteiger partial charge in [0.15, 0.2) is 5.58 Å². The third kappa shape index (κ3) is 4.82. The van der Waals surface area contributed by atoms with Gasteiger partial charge in [-0.05, 0) is 49.4 Å². The number of benzene rings is 3. The number of rotatable bonds is 5. The van der Waals surface area contributed by atoms with Crippen LogP contribution in [0.5, 0.6) is 0 Å². The van der Waals surface area contributed by atoms with Crippen LogP contribution in [0.2, 0.25) is 0 Å². The maximum Gasteiger partial charge on any atom is 0.420 e.